The van der Waals surface area contributed by atoms with E-state index >= 15 is 0 Å². The molecule has 2 aliphatic heterocycles. The lowest BCUT2D eigenvalue weighted by Gasteiger charge is -2.32. The van der Waals surface area contributed by atoms with E-state index in [-0.39, 0.29) is 5.91 Å². The summed E-state index contributed by atoms with van der Waals surface area (Å²) in [6, 6.07) is 0.542. The van der Waals surface area contributed by atoms with E-state index in [1.54, 1.807) is 5.38 Å². The van der Waals surface area contributed by atoms with Crippen LogP contribution in [0.1, 0.15) is 36.2 Å². The number of carbonyl (C=O) groups excluding carboxylic acids is 1. The van der Waals surface area contributed by atoms with Gasteiger partial charge in [0, 0.05) is 24.5 Å². The molecule has 0 aromatic carbocycles. The second kappa shape index (κ2) is 5.46. The molecule has 1 atom stereocenters. The first-order chi connectivity index (χ1) is 9.24. The van der Waals surface area contributed by atoms with Crippen molar-refractivity contribution in [3.63, 3.8) is 0 Å². The second-order valence-electron chi connectivity index (χ2n) is 5.36. The van der Waals surface area contributed by atoms with Crippen LogP contribution in [-0.4, -0.2) is 52.9 Å². The number of thiazole rings is 1. The molecule has 2 saturated heterocycles. The van der Waals surface area contributed by atoms with E-state index in [0.717, 1.165) is 19.5 Å². The number of nitrogens with two attached hydrogens (primary N) is 1. The van der Waals surface area contributed by atoms with Crippen molar-refractivity contribution in [3.05, 3.63) is 11.1 Å². The van der Waals surface area contributed by atoms with Crippen LogP contribution in [0, 0.1) is 0 Å². The Morgan fingerprint density at radius 1 is 1.32 bits per heavy atom. The lowest BCUT2D eigenvalue weighted by Crippen LogP contribution is -2.41. The van der Waals surface area contributed by atoms with Crippen LogP contribution in [0.15, 0.2) is 5.38 Å². The van der Waals surface area contributed by atoms with E-state index in [9.17, 15) is 4.79 Å². The molecule has 2 fully saturated rings. The van der Waals surface area contributed by atoms with Crippen LogP contribution in [0.4, 0.5) is 5.13 Å². The Labute approximate surface area is 117 Å². The van der Waals surface area contributed by atoms with E-state index in [1.807, 2.05) is 4.90 Å². The van der Waals surface area contributed by atoms with Crippen LogP contribution < -0.4 is 5.73 Å². The van der Waals surface area contributed by atoms with Gasteiger partial charge < -0.3 is 10.6 Å². The van der Waals surface area contributed by atoms with Gasteiger partial charge in [0.25, 0.3) is 5.91 Å². The monoisotopic (exact) mass is 280 g/mol. The van der Waals surface area contributed by atoms with E-state index in [2.05, 4.69) is 9.88 Å². The standard InChI is InChI=1S/C13H20N4OS/c14-13-15-11(9-19-13)12(18)17-7-4-10(8-17)16-5-2-1-3-6-16/h9-10H,1-8H2,(H2,14,15). The number of anilines is 1. The van der Waals surface area contributed by atoms with Crippen molar-refractivity contribution in [2.24, 2.45) is 0 Å². The number of likely N-dealkylation sites (tertiary alicyclic amines) is 2. The van der Waals surface area contributed by atoms with Crippen molar-refractivity contribution in [1.82, 2.24) is 14.8 Å². The maximum Gasteiger partial charge on any atom is 0.273 e. The Morgan fingerprint density at radius 2 is 2.11 bits per heavy atom. The summed E-state index contributed by atoms with van der Waals surface area (Å²) in [5.41, 5.74) is 6.09. The first kappa shape index (κ1) is 12.9. The third-order valence-electron chi connectivity index (χ3n) is 4.10. The number of nitrogens with zero attached hydrogens (tertiary/aromatic N) is 3. The van der Waals surface area contributed by atoms with Crippen molar-refractivity contribution >= 4 is 22.4 Å². The molecule has 1 unspecified atom stereocenters. The van der Waals surface area contributed by atoms with Gasteiger partial charge in [-0.05, 0) is 32.4 Å². The van der Waals surface area contributed by atoms with Gasteiger partial charge in [-0.3, -0.25) is 9.69 Å². The smallest absolute Gasteiger partial charge is 0.273 e. The Morgan fingerprint density at radius 3 is 2.79 bits per heavy atom. The highest BCUT2D eigenvalue weighted by Crippen LogP contribution is 2.22. The molecule has 0 aliphatic carbocycles. The van der Waals surface area contributed by atoms with Gasteiger partial charge >= 0.3 is 0 Å². The molecule has 0 radical (unpaired) electrons. The molecule has 19 heavy (non-hydrogen) atoms. The molecule has 1 aromatic heterocycles. The first-order valence-corrected chi connectivity index (χ1v) is 7.86. The minimum atomic E-state index is 0.0347. The quantitative estimate of drug-likeness (QED) is 0.890. The number of aromatic nitrogens is 1. The van der Waals surface area contributed by atoms with Crippen LogP contribution in [0.5, 0.6) is 0 Å². The third kappa shape index (κ3) is 2.74. The normalized spacial score (nSPS) is 24.8. The number of piperidine rings is 1. The fourth-order valence-corrected chi connectivity index (χ4v) is 3.59. The Kier molecular flexibility index (Phi) is 3.70. The summed E-state index contributed by atoms with van der Waals surface area (Å²) < 4.78 is 0. The van der Waals surface area contributed by atoms with Gasteiger partial charge in [-0.2, -0.15) is 0 Å². The number of hydrogen-bond donors (Lipinski definition) is 1. The minimum Gasteiger partial charge on any atom is -0.375 e. The zero-order chi connectivity index (χ0) is 13.2. The van der Waals surface area contributed by atoms with Crippen LogP contribution in [-0.2, 0) is 0 Å². The summed E-state index contributed by atoms with van der Waals surface area (Å²) in [5.74, 6) is 0.0347. The van der Waals surface area contributed by atoms with Gasteiger partial charge in [0.15, 0.2) is 5.13 Å². The third-order valence-corrected chi connectivity index (χ3v) is 4.77. The molecule has 1 aromatic rings. The van der Waals surface area contributed by atoms with Gasteiger partial charge in [-0.15, -0.1) is 11.3 Å². The molecule has 0 spiro atoms. The maximum absolute atomic E-state index is 12.3. The SMILES string of the molecule is Nc1nc(C(=O)N2CCC(N3CCCCC3)C2)cs1. The van der Waals surface area contributed by atoms with Gasteiger partial charge in [-0.25, -0.2) is 4.98 Å². The molecule has 104 valence electrons. The summed E-state index contributed by atoms with van der Waals surface area (Å²) in [6.07, 6.45) is 5.04. The first-order valence-electron chi connectivity index (χ1n) is 6.98. The van der Waals surface area contributed by atoms with E-state index in [1.165, 1.54) is 43.7 Å². The van der Waals surface area contributed by atoms with E-state index < -0.39 is 0 Å². The van der Waals surface area contributed by atoms with Crippen LogP contribution in [0.25, 0.3) is 0 Å². The average molecular weight is 280 g/mol. The molecule has 3 rings (SSSR count). The highest BCUT2D eigenvalue weighted by atomic mass is 32.1. The summed E-state index contributed by atoms with van der Waals surface area (Å²) in [7, 11) is 0. The molecule has 0 bridgehead atoms. The lowest BCUT2D eigenvalue weighted by atomic mass is 10.1. The summed E-state index contributed by atoms with van der Waals surface area (Å²) in [6.45, 7) is 4.07. The molecule has 1 amide bonds. The van der Waals surface area contributed by atoms with Crippen LogP contribution >= 0.6 is 11.3 Å². The highest BCUT2D eigenvalue weighted by molar-refractivity contribution is 7.13. The topological polar surface area (TPSA) is 62.5 Å². The molecular formula is C13H20N4OS. The molecule has 6 heteroatoms. The molecule has 5 nitrogen and oxygen atoms in total. The summed E-state index contributed by atoms with van der Waals surface area (Å²) in [5, 5.41) is 2.22. The largest absolute Gasteiger partial charge is 0.375 e. The van der Waals surface area contributed by atoms with Gasteiger partial charge in [0.1, 0.15) is 5.69 Å². The van der Waals surface area contributed by atoms with Crippen molar-refractivity contribution in [2.75, 3.05) is 31.9 Å². The zero-order valence-corrected chi connectivity index (χ0v) is 11.9. The minimum absolute atomic E-state index is 0.0347. The fraction of sp³-hybridized carbons (Fsp3) is 0.692. The van der Waals surface area contributed by atoms with Crippen molar-refractivity contribution in [2.45, 2.75) is 31.7 Å². The van der Waals surface area contributed by atoms with Gasteiger partial charge in [0.05, 0.1) is 0 Å². The number of carbonyl (C=O) groups is 1. The molecule has 3 heterocycles. The molecule has 0 saturated carbocycles. The number of rotatable bonds is 2. The van der Waals surface area contributed by atoms with Crippen LogP contribution in [0.3, 0.4) is 0 Å². The number of hydrogen-bond acceptors (Lipinski definition) is 5. The van der Waals surface area contributed by atoms with Crippen molar-refractivity contribution < 1.29 is 4.79 Å². The Balaban J connectivity index is 1.60. The van der Waals surface area contributed by atoms with Crippen molar-refractivity contribution in [1.29, 1.82) is 0 Å². The molecule has 2 N–H and O–H groups in total. The lowest BCUT2D eigenvalue weighted by molar-refractivity contribution is 0.0766. The zero-order valence-electron chi connectivity index (χ0n) is 11.0. The Hall–Kier alpha value is -1.14. The van der Waals surface area contributed by atoms with Gasteiger partial charge in [0.2, 0.25) is 0 Å². The van der Waals surface area contributed by atoms with Crippen LogP contribution in [0.2, 0.25) is 0 Å². The number of amides is 1. The van der Waals surface area contributed by atoms with Crippen molar-refractivity contribution in [3.8, 4) is 0 Å². The number of nitrogen functional groups attached to an aromatic ring is 1. The summed E-state index contributed by atoms with van der Waals surface area (Å²) >= 11 is 1.33. The average Bonchev–Trinajstić information content (AvgIpc) is 3.08. The summed E-state index contributed by atoms with van der Waals surface area (Å²) in [4.78, 5) is 20.8. The Bertz CT molecular complexity index is 455. The highest BCUT2D eigenvalue weighted by Gasteiger charge is 2.31. The fourth-order valence-electron chi connectivity index (χ4n) is 3.06. The maximum atomic E-state index is 12.3. The molecular weight excluding hydrogens is 260 g/mol. The molecule has 2 aliphatic rings. The van der Waals surface area contributed by atoms with Gasteiger partial charge in [-0.1, -0.05) is 6.42 Å². The van der Waals surface area contributed by atoms with E-state index in [4.69, 9.17) is 5.73 Å². The second-order valence-corrected chi connectivity index (χ2v) is 6.25. The predicted molar refractivity (Wildman–Crippen MR) is 76.3 cm³/mol. The van der Waals surface area contributed by atoms with E-state index in [0.29, 0.717) is 16.9 Å². The predicted octanol–water partition coefficient (Wildman–Crippen LogP) is 1.43.